The Bertz CT molecular complexity index is 521. The van der Waals surface area contributed by atoms with Crippen molar-refractivity contribution < 1.29 is 13.7 Å². The lowest BCUT2D eigenvalue weighted by atomic mass is 9.97. The van der Waals surface area contributed by atoms with Crippen LogP contribution in [0, 0.1) is 0 Å². The lowest BCUT2D eigenvalue weighted by molar-refractivity contribution is 0.164. The van der Waals surface area contributed by atoms with Gasteiger partial charge in [0.25, 0.3) is 0 Å². The van der Waals surface area contributed by atoms with E-state index in [-0.39, 0.29) is 6.61 Å². The molecule has 6 heteroatoms. The van der Waals surface area contributed by atoms with Crippen LogP contribution in [0.3, 0.4) is 0 Å². The van der Waals surface area contributed by atoms with E-state index in [2.05, 4.69) is 9.10 Å². The highest BCUT2D eigenvalue weighted by Gasteiger charge is 2.10. The molecule has 0 heterocycles. The van der Waals surface area contributed by atoms with Crippen LogP contribution in [0.5, 0.6) is 0 Å². The quantitative estimate of drug-likeness (QED) is 0.766. The van der Waals surface area contributed by atoms with Gasteiger partial charge >= 0.3 is 6.09 Å². The van der Waals surface area contributed by atoms with Gasteiger partial charge in [-0.05, 0) is 19.1 Å². The zero-order valence-corrected chi connectivity index (χ0v) is 11.1. The highest BCUT2D eigenvalue weighted by Crippen LogP contribution is 2.14. The Balaban J connectivity index is 3.12. The average Bonchev–Trinajstić information content (AvgIpc) is 2.28. The summed E-state index contributed by atoms with van der Waals surface area (Å²) in [6.07, 6.45) is 1.52. The number of carbonyl (C=O) groups is 1. The molecule has 0 aliphatic rings. The summed E-state index contributed by atoms with van der Waals surface area (Å²) in [5.74, 6) is 0. The standard InChI is InChI=1S/C11H16BNO3S/c1-3-16-11(14)13-17(2,15)10-6-4-5-9(7-10)8-12/h4-7H,3,8,12H2,1-2H3. The van der Waals surface area contributed by atoms with Gasteiger partial charge in [0.1, 0.15) is 7.85 Å². The molecule has 1 amide bonds. The molecule has 0 saturated carbocycles. The largest absolute Gasteiger partial charge is 0.448 e. The van der Waals surface area contributed by atoms with Gasteiger partial charge in [0.05, 0.1) is 16.3 Å². The second-order valence-corrected chi connectivity index (χ2v) is 5.85. The number of nitrogens with zero attached hydrogens (tertiary/aromatic N) is 1. The van der Waals surface area contributed by atoms with Crippen molar-refractivity contribution in [2.45, 2.75) is 18.1 Å². The van der Waals surface area contributed by atoms with Crippen molar-refractivity contribution >= 4 is 23.7 Å². The number of amides is 1. The molecule has 92 valence electrons. The summed E-state index contributed by atoms with van der Waals surface area (Å²) in [6.45, 7) is 1.91. The first kappa shape index (κ1) is 13.8. The fourth-order valence-corrected chi connectivity index (χ4v) is 2.49. The van der Waals surface area contributed by atoms with Gasteiger partial charge < -0.3 is 4.74 Å². The average molecular weight is 253 g/mol. The minimum absolute atomic E-state index is 0.229. The molecule has 17 heavy (non-hydrogen) atoms. The molecule has 0 N–H and O–H groups in total. The van der Waals surface area contributed by atoms with Crippen LogP contribution in [0.2, 0.25) is 0 Å². The number of ether oxygens (including phenoxy) is 1. The first-order valence-electron chi connectivity index (χ1n) is 5.47. The maximum Gasteiger partial charge on any atom is 0.442 e. The molecule has 1 atom stereocenters. The molecule has 1 rings (SSSR count). The van der Waals surface area contributed by atoms with Gasteiger partial charge in [-0.2, -0.15) is 0 Å². The van der Waals surface area contributed by atoms with E-state index in [1.165, 1.54) is 6.26 Å². The van der Waals surface area contributed by atoms with Crippen LogP contribution in [-0.4, -0.2) is 31.0 Å². The lowest BCUT2D eigenvalue weighted by Crippen LogP contribution is -2.05. The van der Waals surface area contributed by atoms with E-state index in [1.54, 1.807) is 13.0 Å². The summed E-state index contributed by atoms with van der Waals surface area (Å²) < 4.78 is 20.6. The molecule has 4 nitrogen and oxygen atoms in total. The van der Waals surface area contributed by atoms with Gasteiger partial charge in [-0.15, -0.1) is 4.36 Å². The van der Waals surface area contributed by atoms with Gasteiger partial charge in [-0.1, -0.05) is 24.0 Å². The normalized spacial score (nSPS) is 13.8. The SMILES string of the molecule is BCc1cccc(S(C)(=O)=NC(=O)OCC)c1. The Hall–Kier alpha value is -1.30. The molecule has 0 spiro atoms. The topological polar surface area (TPSA) is 55.7 Å². The maximum atomic E-state index is 12.3. The summed E-state index contributed by atoms with van der Waals surface area (Å²) in [5.41, 5.74) is 1.07. The third kappa shape index (κ3) is 3.89. The smallest absolute Gasteiger partial charge is 0.442 e. The van der Waals surface area contributed by atoms with Crippen LogP contribution in [0.15, 0.2) is 33.5 Å². The third-order valence-electron chi connectivity index (χ3n) is 2.26. The van der Waals surface area contributed by atoms with E-state index in [9.17, 15) is 9.00 Å². The molecular formula is C11H16BNO3S. The first-order chi connectivity index (χ1) is 7.99. The molecule has 0 aliphatic carbocycles. The van der Waals surface area contributed by atoms with Crippen molar-refractivity contribution in [2.24, 2.45) is 4.36 Å². The van der Waals surface area contributed by atoms with Crippen LogP contribution in [0.25, 0.3) is 0 Å². The van der Waals surface area contributed by atoms with E-state index in [4.69, 9.17) is 0 Å². The number of benzene rings is 1. The van der Waals surface area contributed by atoms with Gasteiger partial charge in [-0.3, -0.25) is 0 Å². The summed E-state index contributed by atoms with van der Waals surface area (Å²) in [7, 11) is -0.701. The van der Waals surface area contributed by atoms with E-state index in [0.717, 1.165) is 11.9 Å². The highest BCUT2D eigenvalue weighted by molar-refractivity contribution is 7.93. The van der Waals surface area contributed by atoms with Crippen molar-refractivity contribution in [3.8, 4) is 0 Å². The van der Waals surface area contributed by atoms with Crippen LogP contribution >= 0.6 is 0 Å². The number of rotatable bonds is 3. The van der Waals surface area contributed by atoms with Gasteiger partial charge in [0.2, 0.25) is 0 Å². The second kappa shape index (κ2) is 5.86. The zero-order chi connectivity index (χ0) is 12.9. The monoisotopic (exact) mass is 253 g/mol. The van der Waals surface area contributed by atoms with Crippen molar-refractivity contribution in [3.63, 3.8) is 0 Å². The molecule has 0 aromatic heterocycles. The zero-order valence-electron chi connectivity index (χ0n) is 10.3. The summed E-state index contributed by atoms with van der Waals surface area (Å²) in [5, 5.41) is 0. The van der Waals surface area contributed by atoms with Crippen molar-refractivity contribution in [2.75, 3.05) is 12.9 Å². The molecule has 0 saturated heterocycles. The Morgan fingerprint density at radius 1 is 1.53 bits per heavy atom. The Morgan fingerprint density at radius 3 is 2.82 bits per heavy atom. The van der Waals surface area contributed by atoms with Crippen molar-refractivity contribution in [3.05, 3.63) is 29.8 Å². The van der Waals surface area contributed by atoms with E-state index in [0.29, 0.717) is 4.90 Å². The van der Waals surface area contributed by atoms with E-state index < -0.39 is 15.8 Å². The molecular weight excluding hydrogens is 237 g/mol. The highest BCUT2D eigenvalue weighted by atomic mass is 32.2. The fourth-order valence-electron chi connectivity index (χ4n) is 1.35. The summed E-state index contributed by atoms with van der Waals surface area (Å²) in [4.78, 5) is 11.8. The molecule has 0 radical (unpaired) electrons. The molecule has 1 unspecified atom stereocenters. The van der Waals surface area contributed by atoms with Gasteiger partial charge in [0, 0.05) is 11.2 Å². The minimum atomic E-state index is -2.71. The predicted octanol–water partition coefficient (Wildman–Crippen LogP) is 1.43. The first-order valence-corrected chi connectivity index (χ1v) is 7.39. The number of hydrogen-bond donors (Lipinski definition) is 0. The molecule has 0 bridgehead atoms. The number of carbonyl (C=O) groups excluding carboxylic acids is 1. The Morgan fingerprint density at radius 2 is 2.24 bits per heavy atom. The summed E-state index contributed by atoms with van der Waals surface area (Å²) >= 11 is 0. The van der Waals surface area contributed by atoms with E-state index >= 15 is 0 Å². The van der Waals surface area contributed by atoms with Crippen LogP contribution in [-0.2, 0) is 20.8 Å². The molecule has 0 fully saturated rings. The van der Waals surface area contributed by atoms with Gasteiger partial charge in [0.15, 0.2) is 0 Å². The second-order valence-electron chi connectivity index (χ2n) is 3.59. The maximum absolute atomic E-state index is 12.3. The minimum Gasteiger partial charge on any atom is -0.448 e. The number of hydrogen-bond acceptors (Lipinski definition) is 3. The molecule has 1 aromatic rings. The molecule has 1 aromatic carbocycles. The van der Waals surface area contributed by atoms with Crippen LogP contribution < -0.4 is 0 Å². The van der Waals surface area contributed by atoms with Crippen molar-refractivity contribution in [1.82, 2.24) is 0 Å². The van der Waals surface area contributed by atoms with Crippen LogP contribution in [0.1, 0.15) is 12.5 Å². The van der Waals surface area contributed by atoms with Crippen LogP contribution in [0.4, 0.5) is 4.79 Å². The predicted molar refractivity (Wildman–Crippen MR) is 70.5 cm³/mol. The molecule has 0 aliphatic heterocycles. The Labute approximate surface area is 103 Å². The third-order valence-corrected chi connectivity index (χ3v) is 3.89. The van der Waals surface area contributed by atoms with Crippen molar-refractivity contribution in [1.29, 1.82) is 0 Å². The fraction of sp³-hybridized carbons (Fsp3) is 0.364. The summed E-state index contributed by atoms with van der Waals surface area (Å²) in [6, 6.07) is 7.29. The van der Waals surface area contributed by atoms with E-state index in [1.807, 2.05) is 26.0 Å². The lowest BCUT2D eigenvalue weighted by Gasteiger charge is -2.05. The Kier molecular flexibility index (Phi) is 4.75. The van der Waals surface area contributed by atoms with Gasteiger partial charge in [-0.25, -0.2) is 9.00 Å².